The molecule has 0 radical (unpaired) electrons. The zero-order valence-corrected chi connectivity index (χ0v) is 27.3. The molecule has 0 saturated carbocycles. The smallest absolute Gasteiger partial charge is 0.425 e. The van der Waals surface area contributed by atoms with Gasteiger partial charge in [-0.3, -0.25) is 0 Å². The third kappa shape index (κ3) is 5.48. The van der Waals surface area contributed by atoms with E-state index in [9.17, 15) is 14.4 Å². The van der Waals surface area contributed by atoms with Crippen LogP contribution in [-0.2, 0) is 16.0 Å². The Morgan fingerprint density at radius 3 is 2.29 bits per heavy atom. The van der Waals surface area contributed by atoms with Gasteiger partial charge in [0, 0.05) is 34.0 Å². The first-order valence-corrected chi connectivity index (χ1v) is 15.2. The van der Waals surface area contributed by atoms with Crippen LogP contribution in [0.5, 0.6) is 0 Å². The molecule has 0 N–H and O–H groups in total. The van der Waals surface area contributed by atoms with Gasteiger partial charge in [0.2, 0.25) is 5.71 Å². The molecule has 12 nitrogen and oxygen atoms in total. The molecule has 2 amide bonds. The minimum atomic E-state index is -1.08. The number of aromatic nitrogens is 4. The topological polar surface area (TPSA) is 143 Å². The second kappa shape index (κ2) is 11.1. The van der Waals surface area contributed by atoms with Crippen molar-refractivity contribution < 1.29 is 36.7 Å². The van der Waals surface area contributed by atoms with Gasteiger partial charge in [0.1, 0.15) is 40.3 Å². The third-order valence-electron chi connectivity index (χ3n) is 7.61. The number of furan rings is 1. The summed E-state index contributed by atoms with van der Waals surface area (Å²) < 4.78 is 55.2. The van der Waals surface area contributed by atoms with Crippen molar-refractivity contribution in [2.45, 2.75) is 59.3 Å². The molecule has 0 fully saturated rings. The SMILES string of the molecule is CC(C)(C)OC(=O)N(C(=O)OC(C)(C)C)c1ncnc2cc(F)c(Cn3c4cc(F)c5ccoc5c4c4c5cccnc5oc(=O)c43)cc12. The molecule has 0 saturated heterocycles. The third-order valence-corrected chi connectivity index (χ3v) is 7.61. The van der Waals surface area contributed by atoms with Crippen molar-refractivity contribution in [1.82, 2.24) is 19.5 Å². The Kier molecular flexibility index (Phi) is 7.16. The molecule has 7 aromatic rings. The average molecular weight is 670 g/mol. The van der Waals surface area contributed by atoms with Gasteiger partial charge in [-0.1, -0.05) is 0 Å². The average Bonchev–Trinajstić information content (AvgIpc) is 3.60. The zero-order valence-electron chi connectivity index (χ0n) is 27.3. The number of carbonyl (C=O) groups is 2. The lowest BCUT2D eigenvalue weighted by molar-refractivity contribution is 0.0429. The summed E-state index contributed by atoms with van der Waals surface area (Å²) in [4.78, 5) is 53.7. The van der Waals surface area contributed by atoms with Gasteiger partial charge >= 0.3 is 17.8 Å². The summed E-state index contributed by atoms with van der Waals surface area (Å²) in [5.41, 5.74) is -2.23. The maximum Gasteiger partial charge on any atom is 0.425 e. The van der Waals surface area contributed by atoms with Crippen LogP contribution in [0.3, 0.4) is 0 Å². The van der Waals surface area contributed by atoms with Crippen molar-refractivity contribution in [1.29, 1.82) is 0 Å². The van der Waals surface area contributed by atoms with Gasteiger partial charge in [-0.15, -0.1) is 0 Å². The molecule has 0 bridgehead atoms. The number of rotatable bonds is 3. The molecule has 0 unspecified atom stereocenters. The maximum absolute atomic E-state index is 16.0. The van der Waals surface area contributed by atoms with E-state index in [4.69, 9.17) is 18.3 Å². The van der Waals surface area contributed by atoms with Gasteiger partial charge in [0.05, 0.1) is 34.6 Å². The fourth-order valence-corrected chi connectivity index (χ4v) is 5.78. The molecule has 5 aromatic heterocycles. The second-order valence-electron chi connectivity index (χ2n) is 13.4. The summed E-state index contributed by atoms with van der Waals surface area (Å²) in [6.45, 7) is 9.46. The van der Waals surface area contributed by atoms with E-state index in [2.05, 4.69) is 15.0 Å². The minimum Gasteiger partial charge on any atom is -0.463 e. The number of hydrogen-bond donors (Lipinski definition) is 0. The standard InChI is InChI=1S/C35H29F2N5O7/c1-34(2,3)48-32(44)42(33(45)49-35(4,5)6)29-20-12-17(21(36)13-23(20)39-16-40-29)15-41-24-14-22(37)18-9-11-46-28(18)26(24)25-19-8-7-10-38-30(19)47-31(43)27(25)41/h7-14,16H,15H2,1-6H3. The molecule has 0 spiro atoms. The Morgan fingerprint density at radius 1 is 0.878 bits per heavy atom. The van der Waals surface area contributed by atoms with E-state index in [0.717, 1.165) is 12.4 Å². The number of ether oxygens (including phenoxy) is 2. The first-order valence-electron chi connectivity index (χ1n) is 15.2. The first kappa shape index (κ1) is 31.7. The molecule has 7 rings (SSSR count). The number of fused-ring (bicyclic) bond motifs is 8. The monoisotopic (exact) mass is 669 g/mol. The number of nitrogens with zero attached hydrogens (tertiary/aromatic N) is 5. The number of amides is 2. The number of pyridine rings is 1. The fourth-order valence-electron chi connectivity index (χ4n) is 5.78. The van der Waals surface area contributed by atoms with Gasteiger partial charge in [0.25, 0.3) is 0 Å². The first-order chi connectivity index (χ1) is 23.1. The van der Waals surface area contributed by atoms with Crippen molar-refractivity contribution in [3.63, 3.8) is 0 Å². The molecule has 2 aromatic carbocycles. The maximum atomic E-state index is 16.0. The summed E-state index contributed by atoms with van der Waals surface area (Å²) >= 11 is 0. The molecular formula is C35H29F2N5O7. The number of benzene rings is 2. The Labute approximate surface area is 275 Å². The van der Waals surface area contributed by atoms with Crippen LogP contribution in [0, 0.1) is 11.6 Å². The summed E-state index contributed by atoms with van der Waals surface area (Å²) in [6.07, 6.45) is 1.73. The molecule has 0 atom stereocenters. The molecule has 49 heavy (non-hydrogen) atoms. The van der Waals surface area contributed by atoms with Crippen molar-refractivity contribution in [3.8, 4) is 0 Å². The van der Waals surface area contributed by atoms with Crippen molar-refractivity contribution in [2.24, 2.45) is 0 Å². The number of hydrogen-bond acceptors (Lipinski definition) is 10. The zero-order chi connectivity index (χ0) is 35.0. The van der Waals surface area contributed by atoms with Crippen LogP contribution >= 0.6 is 0 Å². The second-order valence-corrected chi connectivity index (χ2v) is 13.4. The predicted octanol–water partition coefficient (Wildman–Crippen LogP) is 7.99. The van der Waals surface area contributed by atoms with Crippen LogP contribution in [-0.4, -0.2) is 42.9 Å². The highest BCUT2D eigenvalue weighted by molar-refractivity contribution is 6.25. The largest absolute Gasteiger partial charge is 0.463 e. The quantitative estimate of drug-likeness (QED) is 0.182. The van der Waals surface area contributed by atoms with Crippen LogP contribution in [0.25, 0.3) is 54.8 Å². The number of imide groups is 1. The lowest BCUT2D eigenvalue weighted by atomic mass is 10.1. The highest BCUT2D eigenvalue weighted by atomic mass is 19.1. The minimum absolute atomic E-state index is 0.0127. The number of halogens is 2. The van der Waals surface area contributed by atoms with Crippen LogP contribution in [0.15, 0.2) is 68.8 Å². The fraction of sp³-hybridized carbons (Fsp3) is 0.257. The van der Waals surface area contributed by atoms with Crippen LogP contribution in [0.1, 0.15) is 47.1 Å². The summed E-state index contributed by atoms with van der Waals surface area (Å²) in [7, 11) is 0. The Morgan fingerprint density at radius 2 is 1.59 bits per heavy atom. The van der Waals surface area contributed by atoms with E-state index in [-0.39, 0.29) is 56.5 Å². The van der Waals surface area contributed by atoms with E-state index in [1.165, 1.54) is 35.2 Å². The van der Waals surface area contributed by atoms with Crippen molar-refractivity contribution >= 4 is 72.8 Å². The van der Waals surface area contributed by atoms with Crippen LogP contribution in [0.4, 0.5) is 24.2 Å². The lowest BCUT2D eigenvalue weighted by Gasteiger charge is -2.28. The summed E-state index contributed by atoms with van der Waals surface area (Å²) in [5, 5.41) is 1.55. The molecule has 0 aliphatic heterocycles. The van der Waals surface area contributed by atoms with E-state index < -0.39 is 40.6 Å². The molecule has 0 aliphatic carbocycles. The number of anilines is 1. The van der Waals surface area contributed by atoms with Gasteiger partial charge < -0.3 is 22.9 Å². The summed E-state index contributed by atoms with van der Waals surface area (Å²) in [5.74, 6) is -1.58. The lowest BCUT2D eigenvalue weighted by Crippen LogP contribution is -2.44. The highest BCUT2D eigenvalue weighted by Gasteiger charge is 2.35. The van der Waals surface area contributed by atoms with Crippen molar-refractivity contribution in [2.75, 3.05) is 4.90 Å². The summed E-state index contributed by atoms with van der Waals surface area (Å²) in [6, 6.07) is 8.56. The number of carbonyl (C=O) groups excluding carboxylic acids is 2. The molecular weight excluding hydrogens is 640 g/mol. The van der Waals surface area contributed by atoms with Crippen LogP contribution < -0.4 is 10.5 Å². The van der Waals surface area contributed by atoms with E-state index in [1.807, 2.05) is 0 Å². The Balaban J connectivity index is 1.47. The van der Waals surface area contributed by atoms with Gasteiger partial charge in [-0.2, -0.15) is 4.90 Å². The molecule has 14 heteroatoms. The van der Waals surface area contributed by atoms with Gasteiger partial charge in [0.15, 0.2) is 5.82 Å². The van der Waals surface area contributed by atoms with Gasteiger partial charge in [-0.25, -0.2) is 38.1 Å². The van der Waals surface area contributed by atoms with E-state index in [0.29, 0.717) is 21.1 Å². The van der Waals surface area contributed by atoms with E-state index >= 15 is 8.78 Å². The molecule has 5 heterocycles. The highest BCUT2D eigenvalue weighted by Crippen LogP contribution is 2.39. The Hall–Kier alpha value is -5.92. The Bertz CT molecular complexity index is 2530. The van der Waals surface area contributed by atoms with Crippen molar-refractivity contribution in [3.05, 3.63) is 82.8 Å². The molecule has 0 aliphatic rings. The molecule has 250 valence electrons. The predicted molar refractivity (Wildman–Crippen MR) is 177 cm³/mol. The van der Waals surface area contributed by atoms with E-state index in [1.54, 1.807) is 53.7 Å². The van der Waals surface area contributed by atoms with Gasteiger partial charge in [-0.05, 0) is 71.9 Å². The normalized spacial score (nSPS) is 12.4. The van der Waals surface area contributed by atoms with Crippen LogP contribution in [0.2, 0.25) is 0 Å².